The quantitative estimate of drug-likeness (QED) is 0.162. The Hall–Kier alpha value is -3.33. The third-order valence-electron chi connectivity index (χ3n) is 4.65. The van der Waals surface area contributed by atoms with E-state index in [1.54, 1.807) is 19.1 Å². The van der Waals surface area contributed by atoms with E-state index in [1.807, 2.05) is 0 Å². The SMILES string of the molecule is CCOC(=O)/C(C#N)=C/c1cn(Cc2cc(C(F)(F)F)cc(C(F)(F)F)c2)c2nccc(Br)c12. The highest BCUT2D eigenvalue weighted by atomic mass is 79.9. The molecule has 0 aliphatic rings. The van der Waals surface area contributed by atoms with Gasteiger partial charge < -0.3 is 9.30 Å². The van der Waals surface area contributed by atoms with E-state index in [0.29, 0.717) is 27.6 Å². The smallest absolute Gasteiger partial charge is 0.416 e. The summed E-state index contributed by atoms with van der Waals surface area (Å²) in [5, 5.41) is 9.72. The van der Waals surface area contributed by atoms with Crippen LogP contribution in [0, 0.1) is 11.3 Å². The van der Waals surface area contributed by atoms with Gasteiger partial charge in [0.1, 0.15) is 17.3 Å². The Bertz CT molecular complexity index is 1290. The number of hydrogen-bond donors (Lipinski definition) is 0. The number of benzene rings is 1. The first kappa shape index (κ1) is 25.3. The van der Waals surface area contributed by atoms with Crippen LogP contribution in [0.1, 0.15) is 29.2 Å². The lowest BCUT2D eigenvalue weighted by atomic mass is 10.0. The number of alkyl halides is 6. The molecule has 0 aliphatic heterocycles. The van der Waals surface area contributed by atoms with Crippen LogP contribution in [-0.2, 0) is 28.4 Å². The molecule has 3 rings (SSSR count). The zero-order chi connectivity index (χ0) is 25.3. The van der Waals surface area contributed by atoms with Gasteiger partial charge in [0.25, 0.3) is 0 Å². The molecular weight excluding hydrogens is 532 g/mol. The molecule has 0 aliphatic carbocycles. The van der Waals surface area contributed by atoms with Gasteiger partial charge in [-0.05, 0) is 58.8 Å². The molecule has 0 amide bonds. The number of hydrogen-bond acceptors (Lipinski definition) is 4. The van der Waals surface area contributed by atoms with Gasteiger partial charge in [-0.15, -0.1) is 0 Å². The third-order valence-corrected chi connectivity index (χ3v) is 5.31. The molecule has 0 bridgehead atoms. The van der Waals surface area contributed by atoms with E-state index in [2.05, 4.69) is 20.9 Å². The summed E-state index contributed by atoms with van der Waals surface area (Å²) in [4.78, 5) is 16.2. The van der Waals surface area contributed by atoms with Gasteiger partial charge in [0.15, 0.2) is 0 Å². The Kier molecular flexibility index (Phi) is 7.07. The molecule has 2 aromatic heterocycles. The fourth-order valence-corrected chi connectivity index (χ4v) is 3.77. The Balaban J connectivity index is 2.17. The van der Waals surface area contributed by atoms with Gasteiger partial charge in [-0.1, -0.05) is 0 Å². The zero-order valence-corrected chi connectivity index (χ0v) is 18.8. The highest BCUT2D eigenvalue weighted by Gasteiger charge is 2.37. The largest absolute Gasteiger partial charge is 0.462 e. The van der Waals surface area contributed by atoms with Gasteiger partial charge in [-0.2, -0.15) is 31.6 Å². The minimum absolute atomic E-state index is 0.0297. The van der Waals surface area contributed by atoms with Gasteiger partial charge in [0.05, 0.1) is 17.7 Å². The van der Waals surface area contributed by atoms with Crippen LogP contribution in [0.15, 0.2) is 46.7 Å². The van der Waals surface area contributed by atoms with E-state index in [4.69, 9.17) is 4.74 Å². The number of pyridine rings is 1. The lowest BCUT2D eigenvalue weighted by Crippen LogP contribution is -2.12. The number of ether oxygens (including phenoxy) is 1. The maximum absolute atomic E-state index is 13.2. The number of aromatic nitrogens is 2. The highest BCUT2D eigenvalue weighted by Crippen LogP contribution is 2.37. The summed E-state index contributed by atoms with van der Waals surface area (Å²) in [6.07, 6.45) is -5.97. The van der Waals surface area contributed by atoms with Crippen LogP contribution in [0.2, 0.25) is 0 Å². The van der Waals surface area contributed by atoms with Crippen molar-refractivity contribution in [1.29, 1.82) is 5.26 Å². The number of halogens is 7. The number of carbonyl (C=O) groups excluding carboxylic acids is 1. The van der Waals surface area contributed by atoms with Crippen LogP contribution in [0.4, 0.5) is 26.3 Å². The van der Waals surface area contributed by atoms with Gasteiger partial charge in [0.2, 0.25) is 0 Å². The second-order valence-corrected chi connectivity index (χ2v) is 7.86. The van der Waals surface area contributed by atoms with Crippen LogP contribution in [0.5, 0.6) is 0 Å². The molecule has 12 heteroatoms. The predicted octanol–water partition coefficient (Wildman–Crippen LogP) is 6.35. The molecule has 0 N–H and O–H groups in total. The molecular formula is C22H14BrF6N3O2. The lowest BCUT2D eigenvalue weighted by Gasteiger charge is -2.15. The molecule has 0 radical (unpaired) electrons. The van der Waals surface area contributed by atoms with Crippen molar-refractivity contribution in [2.24, 2.45) is 0 Å². The second kappa shape index (κ2) is 9.50. The fourth-order valence-electron chi connectivity index (χ4n) is 3.24. The number of nitrogens with zero attached hydrogens (tertiary/aromatic N) is 3. The van der Waals surface area contributed by atoms with E-state index >= 15 is 0 Å². The normalized spacial score (nSPS) is 12.6. The highest BCUT2D eigenvalue weighted by molar-refractivity contribution is 9.10. The third kappa shape index (κ3) is 5.41. The number of carbonyl (C=O) groups is 1. The van der Waals surface area contributed by atoms with Gasteiger partial charge in [-0.3, -0.25) is 0 Å². The molecule has 1 aromatic carbocycles. The van der Waals surface area contributed by atoms with Gasteiger partial charge >= 0.3 is 18.3 Å². The topological polar surface area (TPSA) is 67.9 Å². The van der Waals surface area contributed by atoms with Crippen molar-refractivity contribution in [3.63, 3.8) is 0 Å². The summed E-state index contributed by atoms with van der Waals surface area (Å²) in [7, 11) is 0. The fraction of sp³-hybridized carbons (Fsp3) is 0.227. The summed E-state index contributed by atoms with van der Waals surface area (Å²) in [6, 6.07) is 4.60. The van der Waals surface area contributed by atoms with Crippen molar-refractivity contribution in [2.45, 2.75) is 25.8 Å². The molecule has 0 saturated heterocycles. The van der Waals surface area contributed by atoms with Crippen LogP contribution in [0.25, 0.3) is 17.1 Å². The molecule has 5 nitrogen and oxygen atoms in total. The number of nitriles is 1. The first-order valence-electron chi connectivity index (χ1n) is 9.55. The van der Waals surface area contributed by atoms with Gasteiger partial charge in [0, 0.05) is 34.4 Å². The van der Waals surface area contributed by atoms with E-state index in [0.717, 1.165) is 0 Å². The van der Waals surface area contributed by atoms with Crippen molar-refractivity contribution in [3.05, 3.63) is 69.0 Å². The molecule has 34 heavy (non-hydrogen) atoms. The molecule has 0 saturated carbocycles. The van der Waals surface area contributed by atoms with Crippen LogP contribution in [0.3, 0.4) is 0 Å². The van der Waals surface area contributed by atoms with E-state index in [-0.39, 0.29) is 36.0 Å². The van der Waals surface area contributed by atoms with E-state index in [9.17, 15) is 36.4 Å². The first-order valence-corrected chi connectivity index (χ1v) is 10.3. The van der Waals surface area contributed by atoms with Crippen molar-refractivity contribution >= 4 is 39.0 Å². The molecule has 178 valence electrons. The Morgan fingerprint density at radius 1 is 1.18 bits per heavy atom. The standard InChI is InChI=1S/C22H14BrF6N3O2/c1-2-34-20(33)13(9-30)7-14-11-32(19-18(14)17(23)3-4-31-19)10-12-5-15(21(24,25)26)8-16(6-12)22(27,28)29/h3-8,11H,2,10H2,1H3/b13-7+. The minimum Gasteiger partial charge on any atom is -0.462 e. The minimum atomic E-state index is -4.98. The van der Waals surface area contributed by atoms with Crippen molar-refractivity contribution in [1.82, 2.24) is 9.55 Å². The van der Waals surface area contributed by atoms with Gasteiger partial charge in [-0.25, -0.2) is 9.78 Å². The van der Waals surface area contributed by atoms with Crippen LogP contribution in [-0.4, -0.2) is 22.1 Å². The monoisotopic (exact) mass is 545 g/mol. The van der Waals surface area contributed by atoms with Crippen molar-refractivity contribution in [2.75, 3.05) is 6.61 Å². The van der Waals surface area contributed by atoms with E-state index < -0.39 is 29.4 Å². The van der Waals surface area contributed by atoms with Crippen LogP contribution >= 0.6 is 15.9 Å². The van der Waals surface area contributed by atoms with E-state index in [1.165, 1.54) is 23.0 Å². The average Bonchev–Trinajstić information content (AvgIpc) is 3.09. The summed E-state index contributed by atoms with van der Waals surface area (Å²) < 4.78 is 86.0. The predicted molar refractivity (Wildman–Crippen MR) is 113 cm³/mol. The number of esters is 1. The molecule has 0 atom stereocenters. The second-order valence-electron chi connectivity index (χ2n) is 7.01. The summed E-state index contributed by atoms with van der Waals surface area (Å²) >= 11 is 3.32. The zero-order valence-electron chi connectivity index (χ0n) is 17.3. The average molecular weight is 546 g/mol. The summed E-state index contributed by atoms with van der Waals surface area (Å²) in [5.74, 6) is -0.876. The first-order chi connectivity index (χ1) is 15.8. The maximum Gasteiger partial charge on any atom is 0.416 e. The van der Waals surface area contributed by atoms with Crippen LogP contribution < -0.4 is 0 Å². The summed E-state index contributed by atoms with van der Waals surface area (Å²) in [5.41, 5.74) is -2.96. The molecule has 0 spiro atoms. The lowest BCUT2D eigenvalue weighted by molar-refractivity contribution is -0.143. The number of fused-ring (bicyclic) bond motifs is 1. The Morgan fingerprint density at radius 3 is 2.32 bits per heavy atom. The molecule has 3 aromatic rings. The molecule has 0 unspecified atom stereocenters. The van der Waals surface area contributed by atoms with Crippen molar-refractivity contribution < 1.29 is 35.9 Å². The molecule has 0 fully saturated rings. The Labute approximate surface area is 197 Å². The molecule has 2 heterocycles. The number of rotatable bonds is 5. The maximum atomic E-state index is 13.2. The summed E-state index contributed by atoms with van der Waals surface area (Å²) in [6.45, 7) is 1.20. The Morgan fingerprint density at radius 2 is 1.79 bits per heavy atom. The van der Waals surface area contributed by atoms with Crippen molar-refractivity contribution in [3.8, 4) is 6.07 Å².